The third kappa shape index (κ3) is 0.822. The van der Waals surface area contributed by atoms with Crippen molar-refractivity contribution in [2.75, 3.05) is 0 Å². The fourth-order valence-electron chi connectivity index (χ4n) is 0.934. The lowest BCUT2D eigenvalue weighted by atomic mass is 10.5. The highest BCUT2D eigenvalue weighted by Gasteiger charge is 2.03. The summed E-state index contributed by atoms with van der Waals surface area (Å²) < 4.78 is 1.30. The molecule has 0 bridgehead atoms. The monoisotopic (exact) mass is 177 g/mol. The molecule has 2 aromatic rings. The molecule has 0 spiro atoms. The molecule has 0 saturated carbocycles. The third-order valence-electron chi connectivity index (χ3n) is 1.45. The second-order valence-electron chi connectivity index (χ2n) is 2.13. The van der Waals surface area contributed by atoms with E-state index in [2.05, 4.69) is 4.98 Å². The maximum atomic E-state index is 11.2. The standard InChI is InChI=1S/C7H3N3OS/c8-3-5-4-12-7-9-2-1-6(11)10(5)7/h1-2,4H. The summed E-state index contributed by atoms with van der Waals surface area (Å²) in [6.07, 6.45) is 1.44. The van der Waals surface area contributed by atoms with Gasteiger partial charge in [0.2, 0.25) is 0 Å². The van der Waals surface area contributed by atoms with E-state index in [1.54, 1.807) is 5.38 Å². The Labute approximate surface area is 71.3 Å². The van der Waals surface area contributed by atoms with Crippen LogP contribution >= 0.6 is 11.3 Å². The highest BCUT2D eigenvalue weighted by atomic mass is 32.1. The summed E-state index contributed by atoms with van der Waals surface area (Å²) in [5.41, 5.74) is 0.130. The molecule has 0 saturated heterocycles. The van der Waals surface area contributed by atoms with Crippen molar-refractivity contribution < 1.29 is 0 Å². The summed E-state index contributed by atoms with van der Waals surface area (Å²) in [7, 11) is 0. The Morgan fingerprint density at radius 2 is 2.50 bits per heavy atom. The van der Waals surface area contributed by atoms with Gasteiger partial charge in [0, 0.05) is 17.6 Å². The molecular formula is C7H3N3OS. The van der Waals surface area contributed by atoms with Crippen LogP contribution in [0.5, 0.6) is 0 Å². The molecule has 0 aromatic carbocycles. The lowest BCUT2D eigenvalue weighted by Gasteiger charge is -1.88. The van der Waals surface area contributed by atoms with Gasteiger partial charge in [-0.1, -0.05) is 0 Å². The van der Waals surface area contributed by atoms with E-state index in [9.17, 15) is 4.79 Å². The SMILES string of the molecule is N#Cc1csc2nccc(=O)n12. The van der Waals surface area contributed by atoms with Crippen LogP contribution in [-0.4, -0.2) is 9.38 Å². The van der Waals surface area contributed by atoms with Crippen molar-refractivity contribution in [3.8, 4) is 6.07 Å². The van der Waals surface area contributed by atoms with Crippen molar-refractivity contribution in [1.82, 2.24) is 9.38 Å². The first-order valence-electron chi connectivity index (χ1n) is 3.18. The van der Waals surface area contributed by atoms with Crippen LogP contribution < -0.4 is 5.56 Å². The van der Waals surface area contributed by atoms with Gasteiger partial charge in [0.15, 0.2) is 4.96 Å². The van der Waals surface area contributed by atoms with Gasteiger partial charge in [0.05, 0.1) is 0 Å². The molecule has 0 aliphatic heterocycles. The van der Waals surface area contributed by atoms with Crippen LogP contribution in [0.15, 0.2) is 22.4 Å². The normalized spacial score (nSPS) is 9.92. The third-order valence-corrected chi connectivity index (χ3v) is 2.29. The summed E-state index contributed by atoms with van der Waals surface area (Å²) in [6.45, 7) is 0. The highest BCUT2D eigenvalue weighted by molar-refractivity contribution is 7.15. The molecule has 2 aromatic heterocycles. The zero-order chi connectivity index (χ0) is 8.55. The first kappa shape index (κ1) is 7.00. The molecular weight excluding hydrogens is 174 g/mol. The van der Waals surface area contributed by atoms with E-state index in [-0.39, 0.29) is 5.56 Å². The van der Waals surface area contributed by atoms with Gasteiger partial charge in [-0.2, -0.15) is 5.26 Å². The average molecular weight is 177 g/mol. The predicted octanol–water partition coefficient (Wildman–Crippen LogP) is 0.628. The number of rotatable bonds is 0. The summed E-state index contributed by atoms with van der Waals surface area (Å²) >= 11 is 1.28. The maximum Gasteiger partial charge on any atom is 0.259 e. The van der Waals surface area contributed by atoms with Crippen LogP contribution in [0.2, 0.25) is 0 Å². The maximum absolute atomic E-state index is 11.2. The molecule has 0 aliphatic rings. The Bertz CT molecular complexity index is 519. The van der Waals surface area contributed by atoms with Crippen LogP contribution in [0.25, 0.3) is 4.96 Å². The minimum atomic E-state index is -0.210. The lowest BCUT2D eigenvalue weighted by Crippen LogP contribution is -2.12. The van der Waals surface area contributed by atoms with Gasteiger partial charge >= 0.3 is 0 Å². The Balaban J connectivity index is 3.05. The van der Waals surface area contributed by atoms with Gasteiger partial charge in [-0.3, -0.25) is 4.79 Å². The van der Waals surface area contributed by atoms with E-state index in [1.807, 2.05) is 6.07 Å². The molecule has 0 fully saturated rings. The molecule has 0 atom stereocenters. The van der Waals surface area contributed by atoms with E-state index >= 15 is 0 Å². The number of nitriles is 1. The summed E-state index contributed by atoms with van der Waals surface area (Å²) in [6, 6.07) is 3.26. The second kappa shape index (κ2) is 2.43. The van der Waals surface area contributed by atoms with E-state index in [4.69, 9.17) is 5.26 Å². The van der Waals surface area contributed by atoms with Crippen molar-refractivity contribution in [1.29, 1.82) is 5.26 Å². The van der Waals surface area contributed by atoms with Gasteiger partial charge in [0.1, 0.15) is 11.8 Å². The van der Waals surface area contributed by atoms with E-state index in [0.29, 0.717) is 10.7 Å². The van der Waals surface area contributed by atoms with Crippen LogP contribution in [-0.2, 0) is 0 Å². The smallest absolute Gasteiger partial charge is 0.259 e. The first-order chi connectivity index (χ1) is 5.83. The van der Waals surface area contributed by atoms with Gasteiger partial charge < -0.3 is 0 Å². The number of nitrogens with zero attached hydrogens (tertiary/aromatic N) is 3. The van der Waals surface area contributed by atoms with Gasteiger partial charge in [-0.05, 0) is 0 Å². The van der Waals surface area contributed by atoms with Gasteiger partial charge in [-0.15, -0.1) is 11.3 Å². The zero-order valence-electron chi connectivity index (χ0n) is 5.89. The molecule has 4 nitrogen and oxygen atoms in total. The van der Waals surface area contributed by atoms with Crippen molar-refractivity contribution in [3.05, 3.63) is 33.7 Å². The molecule has 58 valence electrons. The number of aromatic nitrogens is 2. The molecule has 0 N–H and O–H groups in total. The lowest BCUT2D eigenvalue weighted by molar-refractivity contribution is 1.05. The van der Waals surface area contributed by atoms with Gasteiger partial charge in [-0.25, -0.2) is 9.38 Å². The quantitative estimate of drug-likeness (QED) is 0.593. The second-order valence-corrected chi connectivity index (χ2v) is 2.97. The number of thiazole rings is 1. The predicted molar refractivity (Wildman–Crippen MR) is 44.1 cm³/mol. The van der Waals surface area contributed by atoms with E-state index in [1.165, 1.54) is 28.0 Å². The minimum absolute atomic E-state index is 0.210. The van der Waals surface area contributed by atoms with Crippen LogP contribution in [0.3, 0.4) is 0 Å². The van der Waals surface area contributed by atoms with Crippen molar-refractivity contribution in [2.45, 2.75) is 0 Å². The zero-order valence-corrected chi connectivity index (χ0v) is 6.71. The number of hydrogen-bond acceptors (Lipinski definition) is 4. The fraction of sp³-hybridized carbons (Fsp3) is 0. The number of fused-ring (bicyclic) bond motifs is 1. The molecule has 12 heavy (non-hydrogen) atoms. The van der Waals surface area contributed by atoms with Crippen molar-refractivity contribution in [2.24, 2.45) is 0 Å². The molecule has 0 unspecified atom stereocenters. The number of hydrogen-bond donors (Lipinski definition) is 0. The average Bonchev–Trinajstić information content (AvgIpc) is 2.49. The molecule has 2 heterocycles. The Kier molecular flexibility index (Phi) is 1.42. The van der Waals surface area contributed by atoms with Gasteiger partial charge in [0.25, 0.3) is 5.56 Å². The largest absolute Gasteiger partial charge is 0.269 e. The Morgan fingerprint density at radius 3 is 3.25 bits per heavy atom. The van der Waals surface area contributed by atoms with Crippen molar-refractivity contribution >= 4 is 16.3 Å². The first-order valence-corrected chi connectivity index (χ1v) is 4.06. The Morgan fingerprint density at radius 1 is 1.67 bits per heavy atom. The van der Waals surface area contributed by atoms with Crippen LogP contribution in [0.4, 0.5) is 0 Å². The highest BCUT2D eigenvalue weighted by Crippen LogP contribution is 2.09. The van der Waals surface area contributed by atoms with Crippen LogP contribution in [0, 0.1) is 11.3 Å². The molecule has 0 aliphatic carbocycles. The Hall–Kier alpha value is -1.67. The topological polar surface area (TPSA) is 58.2 Å². The fourth-order valence-corrected chi connectivity index (χ4v) is 1.72. The van der Waals surface area contributed by atoms with Crippen molar-refractivity contribution in [3.63, 3.8) is 0 Å². The molecule has 0 amide bonds. The molecule has 5 heteroatoms. The van der Waals surface area contributed by atoms with E-state index < -0.39 is 0 Å². The molecule has 0 radical (unpaired) electrons. The van der Waals surface area contributed by atoms with Crippen LogP contribution in [0.1, 0.15) is 5.69 Å². The summed E-state index contributed by atoms with van der Waals surface area (Å²) in [4.78, 5) is 15.7. The minimum Gasteiger partial charge on any atom is -0.269 e. The van der Waals surface area contributed by atoms with E-state index in [0.717, 1.165) is 0 Å². The molecule has 2 rings (SSSR count). The summed E-state index contributed by atoms with van der Waals surface area (Å²) in [5, 5.41) is 10.2. The summed E-state index contributed by atoms with van der Waals surface area (Å²) in [5.74, 6) is 0.